The average molecular weight is 802 g/mol. The maximum Gasteiger partial charge on any atom is 0.162 e. The first-order chi connectivity index (χ1) is 21.3. The van der Waals surface area contributed by atoms with E-state index in [2.05, 4.69) is 59.8 Å². The van der Waals surface area contributed by atoms with Crippen LogP contribution >= 0.6 is 11.3 Å². The number of allylic oxidation sites excluding steroid dienone is 2. The molecular formula is C37H45IrN4O2S-. The molecule has 0 unspecified atom stereocenters. The van der Waals surface area contributed by atoms with Gasteiger partial charge < -0.3 is 9.67 Å². The zero-order chi connectivity index (χ0) is 31.4. The van der Waals surface area contributed by atoms with Gasteiger partial charge in [0.1, 0.15) is 28.0 Å². The van der Waals surface area contributed by atoms with E-state index in [1.807, 2.05) is 27.7 Å². The van der Waals surface area contributed by atoms with Gasteiger partial charge >= 0.3 is 0 Å². The molecule has 1 radical (unpaired) electrons. The molecule has 0 fully saturated rings. The van der Waals surface area contributed by atoms with E-state index in [1.165, 1.54) is 40.5 Å². The van der Waals surface area contributed by atoms with Gasteiger partial charge in [-0.15, -0.1) is 40.5 Å². The molecule has 8 heteroatoms. The van der Waals surface area contributed by atoms with Crippen LogP contribution in [0.25, 0.3) is 42.6 Å². The standard InChI is InChI=1S/C24H21N4S.C13H24O2.Ir/c1-14(2)18-12-16(11-15-7-3-4-8-17(15)18)20-23-21(26-13-25-20)22-24(29-23)28-10-6-5-9-19(28)27-22;1-5-10(6-2)12(14)9-13(15)11(7-3)8-4;/h3-4,7-8,12-14H,5-6,9-10H2,1-2H3;9-11,14H,5-8H2,1-4H3;/q-1;;/b;12-9-;. The van der Waals surface area contributed by atoms with Crippen molar-refractivity contribution in [1.29, 1.82) is 0 Å². The van der Waals surface area contributed by atoms with Crippen LogP contribution in [0.3, 0.4) is 0 Å². The molecule has 0 aliphatic carbocycles. The summed E-state index contributed by atoms with van der Waals surface area (Å²) in [6.07, 6.45) is 10.1. The maximum absolute atomic E-state index is 11.7. The SMILES string of the molecule is CC(C)c1cc(-c2ncnc3c2sc2c3nc3n2CCCC3)[c-]c2ccccc12.CCC(CC)C(=O)/C=C(\O)C(CC)CC.[Ir]. The van der Waals surface area contributed by atoms with Crippen molar-refractivity contribution >= 4 is 48.5 Å². The van der Waals surface area contributed by atoms with E-state index in [-0.39, 0.29) is 43.5 Å². The summed E-state index contributed by atoms with van der Waals surface area (Å²) < 4.78 is 3.51. The van der Waals surface area contributed by atoms with Gasteiger partial charge in [-0.3, -0.25) is 9.78 Å². The average Bonchev–Trinajstić information content (AvgIpc) is 3.58. The Kier molecular flexibility index (Phi) is 12.1. The number of thiophene rings is 1. The molecule has 1 N–H and O–H groups in total. The van der Waals surface area contributed by atoms with Gasteiger partial charge in [0, 0.05) is 61.4 Å². The Morgan fingerprint density at radius 1 is 1.02 bits per heavy atom. The minimum Gasteiger partial charge on any atom is -0.512 e. The number of aryl methyl sites for hydroxylation is 2. The third-order valence-corrected chi connectivity index (χ3v) is 10.2. The van der Waals surface area contributed by atoms with Crippen molar-refractivity contribution in [3.05, 3.63) is 65.9 Å². The van der Waals surface area contributed by atoms with Gasteiger partial charge in [-0.1, -0.05) is 70.7 Å². The topological polar surface area (TPSA) is 80.9 Å². The van der Waals surface area contributed by atoms with E-state index in [9.17, 15) is 9.90 Å². The number of aliphatic hydroxyl groups excluding tert-OH is 1. The molecule has 5 aromatic rings. The second kappa shape index (κ2) is 15.6. The molecule has 241 valence electrons. The second-order valence-electron chi connectivity index (χ2n) is 12.1. The molecule has 2 aromatic carbocycles. The largest absolute Gasteiger partial charge is 0.512 e. The number of carbonyl (C=O) groups is 1. The summed E-state index contributed by atoms with van der Waals surface area (Å²) in [5.41, 5.74) is 5.36. The summed E-state index contributed by atoms with van der Waals surface area (Å²) in [7, 11) is 0. The fraction of sp³-hybridized carbons (Fsp3) is 0.459. The summed E-state index contributed by atoms with van der Waals surface area (Å²) in [6.45, 7) is 13.6. The first-order valence-electron chi connectivity index (χ1n) is 16.3. The second-order valence-corrected chi connectivity index (χ2v) is 13.1. The van der Waals surface area contributed by atoms with Crippen LogP contribution in [0.2, 0.25) is 0 Å². The number of nitrogens with zero attached hydrogens (tertiary/aromatic N) is 4. The number of benzene rings is 2. The van der Waals surface area contributed by atoms with Crippen LogP contribution in [0.4, 0.5) is 0 Å². The van der Waals surface area contributed by atoms with Gasteiger partial charge in [0.2, 0.25) is 0 Å². The summed E-state index contributed by atoms with van der Waals surface area (Å²) in [4.78, 5) is 27.2. The number of aromatic nitrogens is 4. The molecule has 0 atom stereocenters. The Bertz CT molecular complexity index is 1800. The molecule has 0 saturated heterocycles. The van der Waals surface area contributed by atoms with Gasteiger partial charge in [-0.2, -0.15) is 0 Å². The monoisotopic (exact) mass is 802 g/mol. The van der Waals surface area contributed by atoms with Gasteiger partial charge in [-0.25, -0.2) is 9.97 Å². The number of carbonyl (C=O) groups excluding carboxylic acids is 1. The smallest absolute Gasteiger partial charge is 0.162 e. The number of fused-ring (bicyclic) bond motifs is 6. The summed E-state index contributed by atoms with van der Waals surface area (Å²) in [6, 6.07) is 14.4. The molecular weight excluding hydrogens is 757 g/mol. The van der Waals surface area contributed by atoms with Crippen molar-refractivity contribution in [2.24, 2.45) is 11.8 Å². The normalized spacial score (nSPS) is 13.4. The summed E-state index contributed by atoms with van der Waals surface area (Å²) in [5.74, 6) is 2.18. The zero-order valence-corrected chi connectivity index (χ0v) is 30.5. The third kappa shape index (κ3) is 7.24. The number of imidazole rings is 1. The number of hydrogen-bond acceptors (Lipinski definition) is 6. The van der Waals surface area contributed by atoms with Gasteiger partial charge in [0.15, 0.2) is 5.78 Å². The zero-order valence-electron chi connectivity index (χ0n) is 27.3. The number of aliphatic hydroxyl groups is 1. The molecule has 6 rings (SSSR count). The Labute approximate surface area is 284 Å². The van der Waals surface area contributed by atoms with E-state index in [0.717, 1.165) is 71.0 Å². The van der Waals surface area contributed by atoms with E-state index in [1.54, 1.807) is 17.7 Å². The van der Waals surface area contributed by atoms with Crippen LogP contribution in [0, 0.1) is 17.9 Å². The molecule has 0 amide bonds. The summed E-state index contributed by atoms with van der Waals surface area (Å²) >= 11 is 1.78. The fourth-order valence-corrected chi connectivity index (χ4v) is 7.53. The van der Waals surface area contributed by atoms with Gasteiger partial charge in [0.25, 0.3) is 0 Å². The molecule has 0 spiro atoms. The number of ketones is 1. The van der Waals surface area contributed by atoms with Crippen LogP contribution in [0.5, 0.6) is 0 Å². The van der Waals surface area contributed by atoms with Crippen molar-refractivity contribution < 1.29 is 30.0 Å². The van der Waals surface area contributed by atoms with E-state index < -0.39 is 0 Å². The molecule has 6 nitrogen and oxygen atoms in total. The first-order valence-corrected chi connectivity index (χ1v) is 17.1. The quantitative estimate of drug-likeness (QED) is 0.0913. The Balaban J connectivity index is 0.000000249. The Morgan fingerprint density at radius 3 is 2.42 bits per heavy atom. The fourth-order valence-electron chi connectivity index (χ4n) is 6.29. The molecule has 1 aliphatic rings. The molecule has 1 aliphatic heterocycles. The maximum atomic E-state index is 11.7. The number of hydrogen-bond donors (Lipinski definition) is 1. The minimum absolute atomic E-state index is 0. The molecule has 45 heavy (non-hydrogen) atoms. The molecule has 0 saturated carbocycles. The molecule has 4 heterocycles. The van der Waals surface area contributed by atoms with Crippen LogP contribution < -0.4 is 0 Å². The van der Waals surface area contributed by atoms with Crippen molar-refractivity contribution in [2.75, 3.05) is 0 Å². The van der Waals surface area contributed by atoms with Crippen LogP contribution in [0.15, 0.2) is 48.5 Å². The Hall–Kier alpha value is -2.93. The molecule has 3 aromatic heterocycles. The van der Waals surface area contributed by atoms with Crippen molar-refractivity contribution in [3.63, 3.8) is 0 Å². The van der Waals surface area contributed by atoms with Crippen molar-refractivity contribution in [1.82, 2.24) is 19.5 Å². The van der Waals surface area contributed by atoms with Crippen molar-refractivity contribution in [2.45, 2.75) is 99.0 Å². The minimum atomic E-state index is 0. The predicted octanol–water partition coefficient (Wildman–Crippen LogP) is 9.99. The number of rotatable bonds is 9. The Morgan fingerprint density at radius 2 is 1.73 bits per heavy atom. The van der Waals surface area contributed by atoms with Crippen LogP contribution in [0.1, 0.15) is 97.4 Å². The van der Waals surface area contributed by atoms with E-state index in [0.29, 0.717) is 5.92 Å². The van der Waals surface area contributed by atoms with Gasteiger partial charge in [0.05, 0.1) is 5.76 Å². The van der Waals surface area contributed by atoms with E-state index >= 15 is 0 Å². The van der Waals surface area contributed by atoms with Gasteiger partial charge in [-0.05, 0) is 44.4 Å². The third-order valence-electron chi connectivity index (χ3n) is 9.03. The first kappa shape index (κ1) is 34.9. The molecule has 0 bridgehead atoms. The van der Waals surface area contributed by atoms with Crippen molar-refractivity contribution in [3.8, 4) is 11.3 Å². The van der Waals surface area contributed by atoms with E-state index in [4.69, 9.17) is 9.97 Å². The predicted molar refractivity (Wildman–Crippen MR) is 183 cm³/mol. The van der Waals surface area contributed by atoms with Crippen LogP contribution in [-0.2, 0) is 37.9 Å². The summed E-state index contributed by atoms with van der Waals surface area (Å²) in [5, 5.41) is 12.2. The van der Waals surface area contributed by atoms with Crippen LogP contribution in [-0.4, -0.2) is 30.4 Å².